The average Bonchev–Trinajstić information content (AvgIpc) is 2.91. The number of aliphatic imine (C=N–C) groups is 1. The third-order valence-corrected chi connectivity index (χ3v) is 5.22. The van der Waals surface area contributed by atoms with Crippen LogP contribution in [0.3, 0.4) is 0 Å². The number of hydrogen-bond acceptors (Lipinski definition) is 3. The molecule has 2 heterocycles. The molecule has 0 saturated carbocycles. The molecule has 2 aliphatic rings. The van der Waals surface area contributed by atoms with Crippen molar-refractivity contribution in [1.82, 2.24) is 10.2 Å². The molecule has 128 valence electrons. The Hall–Kier alpha value is -2.17. The summed E-state index contributed by atoms with van der Waals surface area (Å²) >= 11 is 0. The van der Waals surface area contributed by atoms with E-state index < -0.39 is 5.54 Å². The first-order valence-corrected chi connectivity index (χ1v) is 8.73. The highest BCUT2D eigenvalue weighted by molar-refractivity contribution is 6.18. The van der Waals surface area contributed by atoms with E-state index in [1.807, 2.05) is 49.9 Å². The van der Waals surface area contributed by atoms with Gasteiger partial charge in [0.05, 0.1) is 5.56 Å². The van der Waals surface area contributed by atoms with Crippen molar-refractivity contribution < 1.29 is 9.59 Å². The number of amidine groups is 1. The average molecular weight is 327 g/mol. The molecule has 0 spiro atoms. The summed E-state index contributed by atoms with van der Waals surface area (Å²) in [4.78, 5) is 31.8. The molecule has 5 nitrogen and oxygen atoms in total. The molecule has 1 saturated heterocycles. The Bertz CT molecular complexity index is 690. The zero-order chi connectivity index (χ0) is 17.3. The topological polar surface area (TPSA) is 61.8 Å². The lowest BCUT2D eigenvalue weighted by Gasteiger charge is -2.27. The molecule has 24 heavy (non-hydrogen) atoms. The minimum atomic E-state index is -0.781. The van der Waals surface area contributed by atoms with Gasteiger partial charge in [-0.25, -0.2) is 0 Å². The summed E-state index contributed by atoms with van der Waals surface area (Å²) < 4.78 is 0. The largest absolute Gasteiger partial charge is 0.339 e. The SMILES string of the molecule is CC(C)[C@@]1(C)N=C(c2ccccc2C(=O)N2CCCCC2)NC1=O. The van der Waals surface area contributed by atoms with Gasteiger partial charge in [0.25, 0.3) is 11.8 Å². The Balaban J connectivity index is 1.95. The maximum Gasteiger partial charge on any atom is 0.254 e. The maximum atomic E-state index is 12.9. The zero-order valence-electron chi connectivity index (χ0n) is 14.6. The van der Waals surface area contributed by atoms with Gasteiger partial charge >= 0.3 is 0 Å². The van der Waals surface area contributed by atoms with Crippen molar-refractivity contribution in [1.29, 1.82) is 0 Å². The summed E-state index contributed by atoms with van der Waals surface area (Å²) in [7, 11) is 0. The van der Waals surface area contributed by atoms with Crippen LogP contribution in [0.1, 0.15) is 56.0 Å². The van der Waals surface area contributed by atoms with E-state index in [9.17, 15) is 9.59 Å². The van der Waals surface area contributed by atoms with E-state index in [1.165, 1.54) is 6.42 Å². The van der Waals surface area contributed by atoms with Gasteiger partial charge < -0.3 is 10.2 Å². The van der Waals surface area contributed by atoms with Crippen molar-refractivity contribution in [2.24, 2.45) is 10.9 Å². The van der Waals surface area contributed by atoms with Crippen LogP contribution < -0.4 is 5.32 Å². The first-order chi connectivity index (χ1) is 11.4. The number of nitrogens with one attached hydrogen (secondary N) is 1. The van der Waals surface area contributed by atoms with E-state index >= 15 is 0 Å². The molecular weight excluding hydrogens is 302 g/mol. The fourth-order valence-electron chi connectivity index (χ4n) is 3.21. The van der Waals surface area contributed by atoms with Crippen molar-refractivity contribution in [3.63, 3.8) is 0 Å². The molecule has 1 atom stereocenters. The molecule has 0 aliphatic carbocycles. The first kappa shape index (κ1) is 16.7. The lowest BCUT2D eigenvalue weighted by atomic mass is 9.89. The molecule has 2 aliphatic heterocycles. The smallest absolute Gasteiger partial charge is 0.254 e. The number of carbonyl (C=O) groups excluding carboxylic acids is 2. The lowest BCUT2D eigenvalue weighted by molar-refractivity contribution is -0.124. The van der Waals surface area contributed by atoms with E-state index in [2.05, 4.69) is 10.3 Å². The van der Waals surface area contributed by atoms with Crippen molar-refractivity contribution in [3.8, 4) is 0 Å². The summed E-state index contributed by atoms with van der Waals surface area (Å²) in [5, 5.41) is 2.88. The number of piperidine rings is 1. The first-order valence-electron chi connectivity index (χ1n) is 8.73. The van der Waals surface area contributed by atoms with Crippen molar-refractivity contribution in [2.75, 3.05) is 13.1 Å². The van der Waals surface area contributed by atoms with Crippen LogP contribution >= 0.6 is 0 Å². The highest BCUT2D eigenvalue weighted by atomic mass is 16.2. The van der Waals surface area contributed by atoms with Gasteiger partial charge in [-0.1, -0.05) is 32.0 Å². The predicted octanol–water partition coefficient (Wildman–Crippen LogP) is 2.60. The van der Waals surface area contributed by atoms with Gasteiger partial charge in [-0.15, -0.1) is 0 Å². The van der Waals surface area contributed by atoms with E-state index in [4.69, 9.17) is 0 Å². The third-order valence-electron chi connectivity index (χ3n) is 5.22. The Labute approximate surface area is 143 Å². The van der Waals surface area contributed by atoms with Crippen molar-refractivity contribution in [3.05, 3.63) is 35.4 Å². The predicted molar refractivity (Wildman–Crippen MR) is 94.1 cm³/mol. The van der Waals surface area contributed by atoms with Gasteiger partial charge in [-0.3, -0.25) is 14.6 Å². The molecule has 0 radical (unpaired) electrons. The highest BCUT2D eigenvalue weighted by Gasteiger charge is 2.42. The summed E-state index contributed by atoms with van der Waals surface area (Å²) in [6, 6.07) is 7.43. The van der Waals surface area contributed by atoms with Crippen molar-refractivity contribution in [2.45, 2.75) is 45.6 Å². The number of rotatable bonds is 3. The highest BCUT2D eigenvalue weighted by Crippen LogP contribution is 2.28. The van der Waals surface area contributed by atoms with Gasteiger partial charge in [0.1, 0.15) is 11.4 Å². The minimum absolute atomic E-state index is 0.0281. The van der Waals surface area contributed by atoms with E-state index in [-0.39, 0.29) is 17.7 Å². The second kappa shape index (κ2) is 6.38. The number of nitrogens with zero attached hydrogens (tertiary/aromatic N) is 2. The zero-order valence-corrected chi connectivity index (χ0v) is 14.6. The Kier molecular flexibility index (Phi) is 4.43. The fourth-order valence-corrected chi connectivity index (χ4v) is 3.21. The van der Waals surface area contributed by atoms with Crippen LogP contribution in [0.4, 0.5) is 0 Å². The number of hydrogen-bond donors (Lipinski definition) is 1. The molecule has 1 fully saturated rings. The molecule has 0 unspecified atom stereocenters. The van der Waals surface area contributed by atoms with Gasteiger partial charge in [0.2, 0.25) is 0 Å². The lowest BCUT2D eigenvalue weighted by Crippen LogP contribution is -2.41. The standard InChI is InChI=1S/C19H25N3O2/c1-13(2)19(3)18(24)20-16(21-19)14-9-5-6-10-15(14)17(23)22-11-7-4-8-12-22/h5-6,9-10,13H,4,7-8,11-12H2,1-3H3,(H,20,21,24)/t19-/m1/s1. The molecule has 1 N–H and O–H groups in total. The van der Waals surface area contributed by atoms with Crippen LogP contribution in [0.25, 0.3) is 0 Å². The molecule has 5 heteroatoms. The third kappa shape index (κ3) is 2.83. The number of likely N-dealkylation sites (tertiary alicyclic amines) is 1. The molecule has 3 rings (SSSR count). The van der Waals surface area contributed by atoms with Crippen LogP contribution in [0.5, 0.6) is 0 Å². The molecule has 0 aromatic heterocycles. The van der Waals surface area contributed by atoms with Gasteiger partial charge in [0.15, 0.2) is 0 Å². The van der Waals surface area contributed by atoms with Crippen LogP contribution in [0.2, 0.25) is 0 Å². The molecule has 1 aromatic carbocycles. The minimum Gasteiger partial charge on any atom is -0.339 e. The monoisotopic (exact) mass is 327 g/mol. The van der Waals surface area contributed by atoms with Gasteiger partial charge in [0, 0.05) is 18.7 Å². The molecule has 0 bridgehead atoms. The van der Waals surface area contributed by atoms with Gasteiger partial charge in [-0.2, -0.15) is 0 Å². The molecular formula is C19H25N3O2. The normalized spacial score (nSPS) is 24.1. The second-order valence-electron chi connectivity index (χ2n) is 7.12. The van der Waals surface area contributed by atoms with Crippen LogP contribution in [0, 0.1) is 5.92 Å². The Morgan fingerprint density at radius 2 is 1.88 bits per heavy atom. The van der Waals surface area contributed by atoms with E-state index in [1.54, 1.807) is 0 Å². The fraction of sp³-hybridized carbons (Fsp3) is 0.526. The summed E-state index contributed by atoms with van der Waals surface area (Å²) in [6.45, 7) is 7.41. The van der Waals surface area contributed by atoms with Crippen LogP contribution in [0.15, 0.2) is 29.3 Å². The Morgan fingerprint density at radius 3 is 2.50 bits per heavy atom. The quantitative estimate of drug-likeness (QED) is 0.927. The maximum absolute atomic E-state index is 12.9. The number of carbonyl (C=O) groups is 2. The van der Waals surface area contributed by atoms with Crippen LogP contribution in [-0.2, 0) is 4.79 Å². The van der Waals surface area contributed by atoms with Crippen LogP contribution in [-0.4, -0.2) is 41.2 Å². The van der Waals surface area contributed by atoms with Gasteiger partial charge in [-0.05, 0) is 38.2 Å². The molecule has 1 aromatic rings. The summed E-state index contributed by atoms with van der Waals surface area (Å²) in [5.41, 5.74) is 0.550. The number of amides is 2. The molecule has 2 amide bonds. The number of benzene rings is 1. The summed E-state index contributed by atoms with van der Waals surface area (Å²) in [5.74, 6) is 0.519. The second-order valence-corrected chi connectivity index (χ2v) is 7.12. The summed E-state index contributed by atoms with van der Waals surface area (Å²) in [6.07, 6.45) is 3.29. The van der Waals surface area contributed by atoms with E-state index in [0.717, 1.165) is 25.9 Å². The van der Waals surface area contributed by atoms with E-state index in [0.29, 0.717) is 17.0 Å². The van der Waals surface area contributed by atoms with Crippen molar-refractivity contribution >= 4 is 17.6 Å². The Morgan fingerprint density at radius 1 is 1.21 bits per heavy atom.